The van der Waals surface area contributed by atoms with Crippen LogP contribution in [0, 0.1) is 0 Å². The average molecular weight is 394 g/mol. The molecule has 126 valence electrons. The Morgan fingerprint density at radius 2 is 1.44 bits per heavy atom. The minimum atomic E-state index is -0.417. The molecule has 0 saturated heterocycles. The second kappa shape index (κ2) is 7.70. The van der Waals surface area contributed by atoms with Crippen molar-refractivity contribution in [3.8, 4) is 0 Å². The molecule has 0 aliphatic rings. The van der Waals surface area contributed by atoms with E-state index in [1.54, 1.807) is 30.3 Å². The molecule has 8 heteroatoms. The van der Waals surface area contributed by atoms with Crippen LogP contribution in [0.4, 0.5) is 17.3 Å². The maximum Gasteiger partial charge on any atom is 0.258 e. The number of para-hydroxylation sites is 2. The SMILES string of the molecule is O=C(Nc1c(Cl)cccc1Cl)c1cnc(Nc2ccccc2Cl)nc1. The van der Waals surface area contributed by atoms with E-state index in [0.717, 1.165) is 0 Å². The molecule has 0 unspecified atom stereocenters. The Hall–Kier alpha value is -2.34. The molecule has 0 bridgehead atoms. The Bertz CT molecular complexity index is 896. The van der Waals surface area contributed by atoms with Gasteiger partial charge in [-0.1, -0.05) is 53.0 Å². The third-order valence-electron chi connectivity index (χ3n) is 3.24. The van der Waals surface area contributed by atoms with E-state index in [4.69, 9.17) is 34.8 Å². The summed E-state index contributed by atoms with van der Waals surface area (Å²) in [6.07, 6.45) is 2.79. The molecule has 0 radical (unpaired) electrons. The molecule has 25 heavy (non-hydrogen) atoms. The van der Waals surface area contributed by atoms with Gasteiger partial charge in [0.05, 0.1) is 32.0 Å². The van der Waals surface area contributed by atoms with Gasteiger partial charge >= 0.3 is 0 Å². The van der Waals surface area contributed by atoms with Crippen LogP contribution >= 0.6 is 34.8 Å². The second-order valence-electron chi connectivity index (χ2n) is 4.95. The predicted molar refractivity (Wildman–Crippen MR) is 101 cm³/mol. The van der Waals surface area contributed by atoms with Gasteiger partial charge in [-0.15, -0.1) is 0 Å². The predicted octanol–water partition coefficient (Wildman–Crippen LogP) is 5.43. The van der Waals surface area contributed by atoms with Crippen molar-refractivity contribution in [3.05, 3.63) is 75.5 Å². The van der Waals surface area contributed by atoms with Crippen LogP contribution < -0.4 is 10.6 Å². The zero-order valence-corrected chi connectivity index (χ0v) is 14.9. The fourth-order valence-corrected chi connectivity index (χ4v) is 2.67. The minimum Gasteiger partial charge on any atom is -0.323 e. The zero-order valence-electron chi connectivity index (χ0n) is 12.6. The van der Waals surface area contributed by atoms with E-state index >= 15 is 0 Å². The lowest BCUT2D eigenvalue weighted by Gasteiger charge is -2.09. The summed E-state index contributed by atoms with van der Waals surface area (Å²) in [7, 11) is 0. The number of halogens is 3. The fraction of sp³-hybridized carbons (Fsp3) is 0. The first-order valence-corrected chi connectivity index (χ1v) is 8.27. The third kappa shape index (κ3) is 4.20. The molecule has 2 aromatic carbocycles. The quantitative estimate of drug-likeness (QED) is 0.620. The minimum absolute atomic E-state index is 0.265. The number of anilines is 3. The van der Waals surface area contributed by atoms with E-state index in [0.29, 0.717) is 32.4 Å². The summed E-state index contributed by atoms with van der Waals surface area (Å²) in [5.41, 5.74) is 1.28. The van der Waals surface area contributed by atoms with Gasteiger partial charge in [0.15, 0.2) is 0 Å². The molecule has 3 rings (SSSR count). The van der Waals surface area contributed by atoms with Gasteiger partial charge in [0, 0.05) is 12.4 Å². The van der Waals surface area contributed by atoms with Crippen molar-refractivity contribution < 1.29 is 4.79 Å². The maximum atomic E-state index is 12.3. The van der Waals surface area contributed by atoms with Crippen LogP contribution in [0.3, 0.4) is 0 Å². The zero-order chi connectivity index (χ0) is 17.8. The smallest absolute Gasteiger partial charge is 0.258 e. The molecule has 0 spiro atoms. The molecular formula is C17H11Cl3N4O. The van der Waals surface area contributed by atoms with E-state index in [1.165, 1.54) is 12.4 Å². The lowest BCUT2D eigenvalue weighted by atomic mass is 10.2. The standard InChI is InChI=1S/C17H11Cl3N4O/c18-11-4-1-2-7-14(11)23-17-21-8-10(9-22-17)16(25)24-15-12(19)5-3-6-13(15)20/h1-9H,(H,24,25)(H,21,22,23). The summed E-state index contributed by atoms with van der Waals surface area (Å²) in [4.78, 5) is 20.5. The molecule has 3 aromatic rings. The molecule has 5 nitrogen and oxygen atoms in total. The fourth-order valence-electron chi connectivity index (χ4n) is 2.00. The monoisotopic (exact) mass is 392 g/mol. The third-order valence-corrected chi connectivity index (χ3v) is 4.20. The molecule has 0 fully saturated rings. The van der Waals surface area contributed by atoms with Crippen LogP contribution in [-0.2, 0) is 0 Å². The van der Waals surface area contributed by atoms with E-state index in [-0.39, 0.29) is 5.56 Å². The van der Waals surface area contributed by atoms with E-state index < -0.39 is 5.91 Å². The number of hydrogen-bond donors (Lipinski definition) is 2. The van der Waals surface area contributed by atoms with Crippen molar-refractivity contribution in [1.29, 1.82) is 0 Å². The van der Waals surface area contributed by atoms with Gasteiger partial charge in [-0.3, -0.25) is 4.79 Å². The summed E-state index contributed by atoms with van der Waals surface area (Å²) in [5, 5.41) is 6.86. The van der Waals surface area contributed by atoms with Gasteiger partial charge in [-0.2, -0.15) is 0 Å². The lowest BCUT2D eigenvalue weighted by Crippen LogP contribution is -2.13. The molecule has 0 aliphatic carbocycles. The van der Waals surface area contributed by atoms with Crippen molar-refractivity contribution in [1.82, 2.24) is 9.97 Å². The maximum absolute atomic E-state index is 12.3. The molecule has 0 saturated carbocycles. The number of hydrogen-bond acceptors (Lipinski definition) is 4. The number of nitrogens with one attached hydrogen (secondary N) is 2. The lowest BCUT2D eigenvalue weighted by molar-refractivity contribution is 0.102. The first-order chi connectivity index (χ1) is 12.0. The van der Waals surface area contributed by atoms with E-state index in [1.807, 2.05) is 12.1 Å². The number of aromatic nitrogens is 2. The van der Waals surface area contributed by atoms with Crippen molar-refractivity contribution in [2.24, 2.45) is 0 Å². The first kappa shape index (κ1) is 17.5. The Labute approximate surface area is 159 Å². The highest BCUT2D eigenvalue weighted by Gasteiger charge is 2.12. The molecule has 1 amide bonds. The number of carbonyl (C=O) groups is 1. The van der Waals surface area contributed by atoms with Crippen molar-refractivity contribution in [2.45, 2.75) is 0 Å². The van der Waals surface area contributed by atoms with Crippen molar-refractivity contribution in [3.63, 3.8) is 0 Å². The van der Waals surface area contributed by atoms with Crippen LogP contribution in [0.2, 0.25) is 15.1 Å². The Morgan fingerprint density at radius 1 is 0.840 bits per heavy atom. The average Bonchev–Trinajstić information content (AvgIpc) is 2.61. The van der Waals surface area contributed by atoms with E-state index in [2.05, 4.69) is 20.6 Å². The molecule has 0 aliphatic heterocycles. The van der Waals surface area contributed by atoms with Crippen LogP contribution in [0.15, 0.2) is 54.9 Å². The van der Waals surface area contributed by atoms with E-state index in [9.17, 15) is 4.79 Å². The number of benzene rings is 2. The van der Waals surface area contributed by atoms with Gasteiger partial charge < -0.3 is 10.6 Å². The molecule has 1 aromatic heterocycles. The highest BCUT2D eigenvalue weighted by atomic mass is 35.5. The summed E-state index contributed by atoms with van der Waals surface area (Å²) in [6, 6.07) is 12.2. The van der Waals surface area contributed by atoms with Gasteiger partial charge in [0.2, 0.25) is 5.95 Å². The number of amides is 1. The number of nitrogens with zero attached hydrogens (tertiary/aromatic N) is 2. The largest absolute Gasteiger partial charge is 0.323 e. The second-order valence-corrected chi connectivity index (χ2v) is 6.17. The number of carbonyl (C=O) groups excluding carboxylic acids is 1. The summed E-state index contributed by atoms with van der Waals surface area (Å²) < 4.78 is 0. The summed E-state index contributed by atoms with van der Waals surface area (Å²) in [5.74, 6) is -0.0975. The Morgan fingerprint density at radius 3 is 2.08 bits per heavy atom. The highest BCUT2D eigenvalue weighted by Crippen LogP contribution is 2.30. The Kier molecular flexibility index (Phi) is 5.38. The topological polar surface area (TPSA) is 66.9 Å². The van der Waals surface area contributed by atoms with Crippen LogP contribution in [0.25, 0.3) is 0 Å². The number of rotatable bonds is 4. The molecular weight excluding hydrogens is 383 g/mol. The summed E-state index contributed by atoms with van der Waals surface area (Å²) in [6.45, 7) is 0. The molecule has 0 atom stereocenters. The van der Waals surface area contributed by atoms with Gasteiger partial charge in [0.25, 0.3) is 5.91 Å². The van der Waals surface area contributed by atoms with Crippen LogP contribution in [0.5, 0.6) is 0 Å². The van der Waals surface area contributed by atoms with Gasteiger partial charge in [-0.05, 0) is 24.3 Å². The first-order valence-electron chi connectivity index (χ1n) is 7.13. The Balaban J connectivity index is 1.74. The highest BCUT2D eigenvalue weighted by molar-refractivity contribution is 6.40. The van der Waals surface area contributed by atoms with Crippen molar-refractivity contribution >= 4 is 58.0 Å². The van der Waals surface area contributed by atoms with Crippen LogP contribution in [-0.4, -0.2) is 15.9 Å². The van der Waals surface area contributed by atoms with Gasteiger partial charge in [-0.25, -0.2) is 9.97 Å². The normalized spacial score (nSPS) is 10.4. The molecule has 2 N–H and O–H groups in total. The van der Waals surface area contributed by atoms with Crippen LogP contribution in [0.1, 0.15) is 10.4 Å². The molecule has 1 heterocycles. The van der Waals surface area contributed by atoms with Crippen molar-refractivity contribution in [2.75, 3.05) is 10.6 Å². The van der Waals surface area contributed by atoms with Gasteiger partial charge in [0.1, 0.15) is 0 Å². The summed E-state index contributed by atoms with van der Waals surface area (Å²) >= 11 is 18.1.